The van der Waals surface area contributed by atoms with Gasteiger partial charge < -0.3 is 10.6 Å². The average molecular weight is 411 g/mol. The summed E-state index contributed by atoms with van der Waals surface area (Å²) in [5.41, 5.74) is 3.47. The molecule has 0 amide bonds. The van der Waals surface area contributed by atoms with Crippen molar-refractivity contribution in [1.29, 1.82) is 0 Å². The predicted octanol–water partition coefficient (Wildman–Crippen LogP) is 3.89. The zero-order valence-electron chi connectivity index (χ0n) is 17.5. The second-order valence-corrected chi connectivity index (χ2v) is 8.02. The number of aliphatic imine (C=N–C) groups is 1. The number of aromatic nitrogens is 3. The minimum atomic E-state index is 0.614. The molecular formula is C22H30N6S. The van der Waals surface area contributed by atoms with Gasteiger partial charge in [-0.15, -0.1) is 11.3 Å². The lowest BCUT2D eigenvalue weighted by Gasteiger charge is -2.10. The molecule has 0 radical (unpaired) electrons. The van der Waals surface area contributed by atoms with Crippen molar-refractivity contribution < 1.29 is 0 Å². The molecule has 6 nitrogen and oxygen atoms in total. The van der Waals surface area contributed by atoms with Crippen LogP contribution in [0.5, 0.6) is 0 Å². The van der Waals surface area contributed by atoms with E-state index in [-0.39, 0.29) is 0 Å². The molecule has 1 aromatic carbocycles. The van der Waals surface area contributed by atoms with E-state index in [0.717, 1.165) is 54.7 Å². The second kappa shape index (κ2) is 10.8. The number of nitrogens with zero attached hydrogens (tertiary/aromatic N) is 4. The van der Waals surface area contributed by atoms with Gasteiger partial charge in [-0.3, -0.25) is 0 Å². The van der Waals surface area contributed by atoms with E-state index in [0.29, 0.717) is 6.54 Å². The van der Waals surface area contributed by atoms with Gasteiger partial charge in [0.05, 0.1) is 17.9 Å². The first-order valence-corrected chi connectivity index (χ1v) is 11.1. The number of nitrogens with one attached hydrogen (secondary N) is 2. The number of hydrogen-bond donors (Lipinski definition) is 2. The smallest absolute Gasteiger partial charge is 0.191 e. The average Bonchev–Trinajstić information content (AvgIpc) is 3.36. The first kappa shape index (κ1) is 21.0. The van der Waals surface area contributed by atoms with Crippen molar-refractivity contribution in [1.82, 2.24) is 25.4 Å². The molecule has 0 spiro atoms. The molecule has 3 aromatic rings. The first-order valence-electron chi connectivity index (χ1n) is 10.3. The van der Waals surface area contributed by atoms with E-state index in [9.17, 15) is 0 Å². The summed E-state index contributed by atoms with van der Waals surface area (Å²) in [6.45, 7) is 8.62. The molecule has 3 rings (SSSR count). The van der Waals surface area contributed by atoms with Gasteiger partial charge in [0.15, 0.2) is 5.96 Å². The second-order valence-electron chi connectivity index (χ2n) is 6.82. The number of para-hydroxylation sites is 1. The highest BCUT2D eigenvalue weighted by Crippen LogP contribution is 2.14. The van der Waals surface area contributed by atoms with Crippen LogP contribution in [0.4, 0.5) is 0 Å². The van der Waals surface area contributed by atoms with Crippen LogP contribution < -0.4 is 10.6 Å². The van der Waals surface area contributed by atoms with Crippen LogP contribution in [-0.2, 0) is 19.4 Å². The summed E-state index contributed by atoms with van der Waals surface area (Å²) in [5, 5.41) is 12.4. The van der Waals surface area contributed by atoms with E-state index in [2.05, 4.69) is 64.8 Å². The molecule has 0 bridgehead atoms. The SMILES string of the molecule is CCNC(=NCc1ncc(CC)s1)NCCCc1cn(-c2ccccc2)nc1C. The van der Waals surface area contributed by atoms with Crippen LogP contribution in [0.15, 0.2) is 47.7 Å². The predicted molar refractivity (Wildman–Crippen MR) is 121 cm³/mol. The van der Waals surface area contributed by atoms with Gasteiger partial charge in [0.1, 0.15) is 5.01 Å². The molecule has 0 saturated carbocycles. The van der Waals surface area contributed by atoms with E-state index < -0.39 is 0 Å². The van der Waals surface area contributed by atoms with Crippen LogP contribution in [0.3, 0.4) is 0 Å². The maximum absolute atomic E-state index is 4.66. The summed E-state index contributed by atoms with van der Waals surface area (Å²) in [7, 11) is 0. The van der Waals surface area contributed by atoms with Crippen molar-refractivity contribution in [3.63, 3.8) is 0 Å². The molecule has 0 unspecified atom stereocenters. The molecule has 2 heterocycles. The molecule has 154 valence electrons. The molecule has 29 heavy (non-hydrogen) atoms. The van der Waals surface area contributed by atoms with Gasteiger partial charge in [-0.25, -0.2) is 14.7 Å². The van der Waals surface area contributed by atoms with Crippen molar-refractivity contribution in [3.05, 3.63) is 63.9 Å². The van der Waals surface area contributed by atoms with Gasteiger partial charge in [0.2, 0.25) is 0 Å². The summed E-state index contributed by atoms with van der Waals surface area (Å²) in [6.07, 6.45) is 7.12. The third-order valence-corrected chi connectivity index (χ3v) is 5.73. The summed E-state index contributed by atoms with van der Waals surface area (Å²) < 4.78 is 1.96. The van der Waals surface area contributed by atoms with E-state index in [4.69, 9.17) is 0 Å². The minimum Gasteiger partial charge on any atom is -0.357 e. The number of rotatable bonds is 9. The zero-order valence-corrected chi connectivity index (χ0v) is 18.3. The zero-order chi connectivity index (χ0) is 20.5. The molecule has 2 aromatic heterocycles. The summed E-state index contributed by atoms with van der Waals surface area (Å²) in [6, 6.07) is 10.2. The molecule has 0 atom stereocenters. The van der Waals surface area contributed by atoms with Gasteiger partial charge in [-0.2, -0.15) is 5.10 Å². The monoisotopic (exact) mass is 410 g/mol. The highest BCUT2D eigenvalue weighted by Gasteiger charge is 2.07. The molecular weight excluding hydrogens is 380 g/mol. The lowest BCUT2D eigenvalue weighted by Crippen LogP contribution is -2.37. The Kier molecular flexibility index (Phi) is 7.81. The number of hydrogen-bond acceptors (Lipinski definition) is 4. The molecule has 0 aliphatic rings. The molecule has 0 saturated heterocycles. The van der Waals surface area contributed by atoms with Crippen LogP contribution in [0, 0.1) is 6.92 Å². The van der Waals surface area contributed by atoms with E-state index >= 15 is 0 Å². The first-order chi connectivity index (χ1) is 14.2. The van der Waals surface area contributed by atoms with Crippen molar-refractivity contribution >= 4 is 17.3 Å². The van der Waals surface area contributed by atoms with Crippen LogP contribution in [0.1, 0.15) is 41.4 Å². The molecule has 2 N–H and O–H groups in total. The van der Waals surface area contributed by atoms with Gasteiger partial charge in [0.25, 0.3) is 0 Å². The fraction of sp³-hybridized carbons (Fsp3) is 0.409. The highest BCUT2D eigenvalue weighted by atomic mass is 32.1. The Labute approximate surface area is 177 Å². The van der Waals surface area contributed by atoms with Gasteiger partial charge >= 0.3 is 0 Å². The lowest BCUT2D eigenvalue weighted by atomic mass is 10.1. The Bertz CT molecular complexity index is 913. The summed E-state index contributed by atoms with van der Waals surface area (Å²) in [4.78, 5) is 10.4. The quantitative estimate of drug-likeness (QED) is 0.319. The molecule has 7 heteroatoms. The Morgan fingerprint density at radius 1 is 1.17 bits per heavy atom. The Hall–Kier alpha value is -2.67. The number of guanidine groups is 1. The third-order valence-electron chi connectivity index (χ3n) is 4.60. The van der Waals surface area contributed by atoms with Crippen LogP contribution in [0.2, 0.25) is 0 Å². The van der Waals surface area contributed by atoms with Crippen molar-refractivity contribution in [3.8, 4) is 5.69 Å². The number of benzene rings is 1. The Morgan fingerprint density at radius 2 is 2.00 bits per heavy atom. The standard InChI is InChI=1S/C22H30N6S/c1-4-20-14-25-21(29-20)15-26-22(23-5-2)24-13-9-10-18-16-28(27-17(18)3)19-11-7-6-8-12-19/h6-8,11-12,14,16H,4-5,9-10,13,15H2,1-3H3,(H2,23,24,26). The number of aryl methyl sites for hydroxylation is 3. The lowest BCUT2D eigenvalue weighted by molar-refractivity contribution is 0.741. The fourth-order valence-electron chi connectivity index (χ4n) is 3.01. The van der Waals surface area contributed by atoms with E-state index in [1.54, 1.807) is 11.3 Å². The molecule has 0 aliphatic carbocycles. The highest BCUT2D eigenvalue weighted by molar-refractivity contribution is 7.11. The van der Waals surface area contributed by atoms with Gasteiger partial charge in [0, 0.05) is 30.4 Å². The van der Waals surface area contributed by atoms with E-state index in [1.165, 1.54) is 10.4 Å². The van der Waals surface area contributed by atoms with Crippen molar-refractivity contribution in [2.45, 2.75) is 46.6 Å². The van der Waals surface area contributed by atoms with Crippen molar-refractivity contribution in [2.75, 3.05) is 13.1 Å². The van der Waals surface area contributed by atoms with Crippen LogP contribution >= 0.6 is 11.3 Å². The molecule has 0 fully saturated rings. The summed E-state index contributed by atoms with van der Waals surface area (Å²) >= 11 is 1.74. The fourth-order valence-corrected chi connectivity index (χ4v) is 3.80. The minimum absolute atomic E-state index is 0.614. The molecule has 0 aliphatic heterocycles. The normalized spacial score (nSPS) is 11.6. The maximum atomic E-state index is 4.66. The van der Waals surface area contributed by atoms with Gasteiger partial charge in [-0.05, 0) is 50.8 Å². The largest absolute Gasteiger partial charge is 0.357 e. The third kappa shape index (κ3) is 6.15. The van der Waals surface area contributed by atoms with E-state index in [1.807, 2.05) is 29.1 Å². The summed E-state index contributed by atoms with van der Waals surface area (Å²) in [5.74, 6) is 0.845. The Balaban J connectivity index is 1.50. The van der Waals surface area contributed by atoms with Gasteiger partial charge in [-0.1, -0.05) is 25.1 Å². The van der Waals surface area contributed by atoms with Crippen LogP contribution in [-0.4, -0.2) is 33.8 Å². The van der Waals surface area contributed by atoms with Crippen molar-refractivity contribution in [2.24, 2.45) is 4.99 Å². The van der Waals surface area contributed by atoms with Crippen LogP contribution in [0.25, 0.3) is 5.69 Å². The number of thiazole rings is 1. The Morgan fingerprint density at radius 3 is 2.72 bits per heavy atom. The topological polar surface area (TPSA) is 67.1 Å². The maximum Gasteiger partial charge on any atom is 0.191 e.